The molecule has 2 atom stereocenters. The molecule has 366 valence electrons. The lowest BCUT2D eigenvalue weighted by Gasteiger charge is -2.36. The van der Waals surface area contributed by atoms with Crippen molar-refractivity contribution in [3.63, 3.8) is 0 Å². The molecule has 9 rings (SSSR count). The van der Waals surface area contributed by atoms with Gasteiger partial charge in [0.15, 0.2) is 11.5 Å². The lowest BCUT2D eigenvalue weighted by Crippen LogP contribution is -2.47. The number of carbonyl (C=O) groups excluding carboxylic acids is 4. The largest absolute Gasteiger partial charge is 0.493 e. The van der Waals surface area contributed by atoms with Crippen molar-refractivity contribution in [2.45, 2.75) is 96.0 Å². The molecule has 14 nitrogen and oxygen atoms in total. The number of methoxy groups -OCH3 is 1. The van der Waals surface area contributed by atoms with E-state index < -0.39 is 0 Å². The Balaban J connectivity index is 0.932. The molecule has 4 aliphatic heterocycles. The van der Waals surface area contributed by atoms with Crippen LogP contribution in [-0.4, -0.2) is 83.3 Å². The average molecular weight is 984 g/mol. The Kier molecular flexibility index (Phi) is 14.5. The number of anilines is 3. The number of ether oxygens (including phenoxy) is 3. The number of aryl methyl sites for hydroxylation is 1. The van der Waals surface area contributed by atoms with E-state index in [1.165, 1.54) is 16.7 Å². The second-order valence-corrected chi connectivity index (χ2v) is 22.3. The summed E-state index contributed by atoms with van der Waals surface area (Å²) in [7, 11) is 6.83. The van der Waals surface area contributed by atoms with Crippen molar-refractivity contribution < 1.29 is 33.4 Å². The van der Waals surface area contributed by atoms with E-state index in [4.69, 9.17) is 20.1 Å². The van der Waals surface area contributed by atoms with Gasteiger partial charge in [0, 0.05) is 74.4 Å². The Morgan fingerprint density at radius 2 is 1.40 bits per heavy atom. The molecule has 70 heavy (non-hydrogen) atoms. The lowest BCUT2D eigenvalue weighted by atomic mass is 9.93. The Hall–Kier alpha value is -6.36. The van der Waals surface area contributed by atoms with Crippen molar-refractivity contribution in [1.29, 1.82) is 0 Å². The highest BCUT2D eigenvalue weighted by Crippen LogP contribution is 2.41. The van der Waals surface area contributed by atoms with Gasteiger partial charge in [-0.1, -0.05) is 70.1 Å². The van der Waals surface area contributed by atoms with E-state index in [0.29, 0.717) is 84.5 Å². The Bertz CT molecular complexity index is 2820. The van der Waals surface area contributed by atoms with Crippen LogP contribution in [-0.2, 0) is 48.7 Å². The van der Waals surface area contributed by atoms with Crippen molar-refractivity contribution in [3.8, 4) is 17.2 Å². The highest BCUT2D eigenvalue weighted by Gasteiger charge is 2.37. The number of carbonyl (C=O) groups is 4. The molecule has 4 amide bonds. The standard InChI is InChI=1S/C54H61N7O7S2/c1-33-18-44-46(59(4)30-42-23-37-11-7-9-13-39(37)29-61(42)53(44)65)26-47(33)67-31-34-19-35(21-40(20-34)57-50(62)14-16-54(2,3)70-69-17-15-51(63)58-55)32-68-49-25-45-43(24-48(49)66-5)52(64)60-28-38-12-8-6-10-36(38)22-41(60)27-56-45/h6-13,18-21,24-26,41-42,56H,14-17,22-23,27-32,55H2,1-5H3,(H,57,62)(H,58,63)/t41-,42-/m0/s1. The predicted octanol–water partition coefficient (Wildman–Crippen LogP) is 8.43. The smallest absolute Gasteiger partial charge is 0.256 e. The van der Waals surface area contributed by atoms with Gasteiger partial charge in [0.1, 0.15) is 19.0 Å². The number of likely N-dealkylation sites (N-methyl/N-ethyl adjacent to an activating group) is 1. The molecule has 0 fully saturated rings. The fourth-order valence-corrected chi connectivity index (χ4v) is 12.4. The highest BCUT2D eigenvalue weighted by molar-refractivity contribution is 8.77. The fourth-order valence-electron chi connectivity index (χ4n) is 9.83. The van der Waals surface area contributed by atoms with Gasteiger partial charge >= 0.3 is 0 Å². The zero-order valence-corrected chi connectivity index (χ0v) is 42.0. The number of benzene rings is 5. The summed E-state index contributed by atoms with van der Waals surface area (Å²) in [5, 5.41) is 6.66. The molecule has 0 bridgehead atoms. The van der Waals surface area contributed by atoms with Gasteiger partial charge in [-0.15, -0.1) is 0 Å². The normalized spacial score (nSPS) is 17.0. The molecule has 4 heterocycles. The van der Waals surface area contributed by atoms with Crippen molar-refractivity contribution in [2.75, 3.05) is 48.5 Å². The average Bonchev–Trinajstić information content (AvgIpc) is 3.54. The maximum absolute atomic E-state index is 14.2. The molecular formula is C54H61N7O7S2. The van der Waals surface area contributed by atoms with Crippen LogP contribution in [0.5, 0.6) is 17.2 Å². The predicted molar refractivity (Wildman–Crippen MR) is 278 cm³/mol. The van der Waals surface area contributed by atoms with Gasteiger partial charge in [-0.05, 0) is 109 Å². The number of nitrogens with zero attached hydrogens (tertiary/aromatic N) is 3. The minimum absolute atomic E-state index is 0.00224. The van der Waals surface area contributed by atoms with Crippen LogP contribution in [0.15, 0.2) is 91.0 Å². The molecule has 5 aromatic rings. The molecule has 0 radical (unpaired) electrons. The summed E-state index contributed by atoms with van der Waals surface area (Å²) >= 11 is 0. The number of fused-ring (bicyclic) bond motifs is 6. The monoisotopic (exact) mass is 983 g/mol. The van der Waals surface area contributed by atoms with Crippen LogP contribution in [0.25, 0.3) is 0 Å². The van der Waals surface area contributed by atoms with Crippen molar-refractivity contribution in [2.24, 2.45) is 5.84 Å². The van der Waals surface area contributed by atoms with E-state index in [1.807, 2.05) is 78.4 Å². The molecule has 5 aromatic carbocycles. The first-order valence-electron chi connectivity index (χ1n) is 23.8. The number of nitrogens with two attached hydrogens (primary N) is 1. The van der Waals surface area contributed by atoms with Crippen molar-refractivity contribution in [3.05, 3.63) is 141 Å². The summed E-state index contributed by atoms with van der Waals surface area (Å²) < 4.78 is 18.7. The van der Waals surface area contributed by atoms with Crippen LogP contribution < -0.4 is 41.0 Å². The third-order valence-electron chi connectivity index (χ3n) is 13.7. The number of hydrogen-bond donors (Lipinski definition) is 4. The summed E-state index contributed by atoms with van der Waals surface area (Å²) in [6, 6.07) is 30.0. The maximum atomic E-state index is 14.2. The summed E-state index contributed by atoms with van der Waals surface area (Å²) in [4.78, 5) is 59.6. The Labute approximate surface area is 417 Å². The summed E-state index contributed by atoms with van der Waals surface area (Å²) in [5.41, 5.74) is 12.8. The number of amides is 4. The van der Waals surface area contributed by atoms with Crippen molar-refractivity contribution in [1.82, 2.24) is 15.2 Å². The summed E-state index contributed by atoms with van der Waals surface area (Å²) in [6.07, 6.45) is 2.78. The summed E-state index contributed by atoms with van der Waals surface area (Å²) in [6.45, 7) is 8.85. The van der Waals surface area contributed by atoms with E-state index in [9.17, 15) is 19.2 Å². The molecule has 0 aromatic heterocycles. The zero-order valence-electron chi connectivity index (χ0n) is 40.4. The van der Waals surface area contributed by atoms with E-state index in [0.717, 1.165) is 40.8 Å². The topological polar surface area (TPSA) is 168 Å². The minimum Gasteiger partial charge on any atom is -0.493 e. The molecule has 5 N–H and O–H groups in total. The van der Waals surface area contributed by atoms with Crippen LogP contribution in [0.3, 0.4) is 0 Å². The van der Waals surface area contributed by atoms with E-state index in [-0.39, 0.29) is 60.1 Å². The second-order valence-electron chi connectivity index (χ2n) is 19.2. The van der Waals surface area contributed by atoms with Crippen LogP contribution in [0.1, 0.15) is 92.8 Å². The van der Waals surface area contributed by atoms with Crippen LogP contribution in [0.2, 0.25) is 0 Å². The molecule has 0 unspecified atom stereocenters. The molecule has 0 saturated carbocycles. The number of rotatable bonds is 16. The molecule has 16 heteroatoms. The second kappa shape index (κ2) is 20.9. The third-order valence-corrected chi connectivity index (χ3v) is 17.0. The van der Waals surface area contributed by atoms with E-state index >= 15 is 0 Å². The van der Waals surface area contributed by atoms with Crippen LogP contribution in [0.4, 0.5) is 17.1 Å². The molecular weight excluding hydrogens is 923 g/mol. The Morgan fingerprint density at radius 1 is 0.771 bits per heavy atom. The molecule has 4 aliphatic rings. The maximum Gasteiger partial charge on any atom is 0.256 e. The lowest BCUT2D eigenvalue weighted by molar-refractivity contribution is -0.120. The third kappa shape index (κ3) is 10.8. The first kappa shape index (κ1) is 48.7. The Morgan fingerprint density at radius 3 is 2.07 bits per heavy atom. The van der Waals surface area contributed by atoms with E-state index in [2.05, 4.69) is 65.1 Å². The van der Waals surface area contributed by atoms with Gasteiger partial charge in [0.05, 0.1) is 41.7 Å². The van der Waals surface area contributed by atoms with E-state index in [1.54, 1.807) is 34.8 Å². The molecule has 0 saturated heterocycles. The van der Waals surface area contributed by atoms with Gasteiger partial charge in [0.2, 0.25) is 11.8 Å². The zero-order chi connectivity index (χ0) is 49.1. The summed E-state index contributed by atoms with van der Waals surface area (Å²) in [5.74, 6) is 7.01. The fraction of sp³-hybridized carbons (Fsp3) is 0.370. The molecule has 0 aliphatic carbocycles. The van der Waals surface area contributed by atoms with Crippen molar-refractivity contribution >= 4 is 62.3 Å². The van der Waals surface area contributed by atoms with Crippen LogP contribution in [0, 0.1) is 6.92 Å². The minimum atomic E-state index is -0.229. The van der Waals surface area contributed by atoms with Gasteiger partial charge in [-0.2, -0.15) is 0 Å². The quantitative estimate of drug-likeness (QED) is 0.0245. The number of hydrogen-bond acceptors (Lipinski definition) is 12. The van der Waals surface area contributed by atoms with Crippen LogP contribution >= 0.6 is 21.6 Å². The SMILES string of the molecule is COc1cc2c(cc1OCc1cc(COc3cc4c(cc3C)C(=O)N3Cc5ccccc5C[C@H]3CN4C)cc(NC(=O)CCC(C)(C)SSCCC(=O)NN)c1)NC[C@@H]1Cc3ccccc3CN1C2=O. The number of nitrogens with one attached hydrogen (secondary N) is 3. The first-order valence-corrected chi connectivity index (χ1v) is 26.1. The highest BCUT2D eigenvalue weighted by atomic mass is 33.1. The first-order chi connectivity index (χ1) is 33.7. The van der Waals surface area contributed by atoms with Gasteiger partial charge < -0.3 is 39.5 Å². The van der Waals surface area contributed by atoms with Gasteiger partial charge in [-0.25, -0.2) is 5.84 Å². The van der Waals surface area contributed by atoms with Gasteiger partial charge in [-0.3, -0.25) is 24.6 Å². The number of hydrazine groups is 1. The van der Waals surface area contributed by atoms with Gasteiger partial charge in [0.25, 0.3) is 11.8 Å². The molecule has 0 spiro atoms.